The van der Waals surface area contributed by atoms with Crippen LogP contribution in [0.5, 0.6) is 0 Å². The van der Waals surface area contributed by atoms with Crippen LogP contribution in [0.3, 0.4) is 0 Å². The number of hydrogen-bond donors (Lipinski definition) is 3. The first-order valence-electron chi connectivity index (χ1n) is 39.5. The monoisotopic (exact) mass is 1400 g/mol. The number of phosphoric ester groups is 2. The molecule has 0 aromatic rings. The molecule has 0 radical (unpaired) electrons. The average Bonchev–Trinajstić information content (AvgIpc) is 2.48. The van der Waals surface area contributed by atoms with Crippen molar-refractivity contribution in [1.29, 1.82) is 0 Å². The molecule has 19 heteroatoms. The van der Waals surface area contributed by atoms with Gasteiger partial charge in [0.2, 0.25) is 0 Å². The van der Waals surface area contributed by atoms with E-state index < -0.39 is 97.5 Å². The number of phosphoric acid groups is 2. The highest BCUT2D eigenvalue weighted by atomic mass is 31.2. The maximum absolute atomic E-state index is 13.1. The molecule has 0 rings (SSSR count). The minimum Gasteiger partial charge on any atom is -0.462 e. The molecule has 3 N–H and O–H groups in total. The van der Waals surface area contributed by atoms with Crippen molar-refractivity contribution in [3.63, 3.8) is 0 Å². The van der Waals surface area contributed by atoms with E-state index >= 15 is 0 Å². The highest BCUT2D eigenvalue weighted by molar-refractivity contribution is 7.47. The van der Waals surface area contributed by atoms with Gasteiger partial charge in [0.15, 0.2) is 12.2 Å². The standard InChI is InChI=1S/C76H148O17P2/c1-7-9-11-13-15-17-18-19-20-21-22-23-24-25-28-36-42-48-54-60-75(80)92-72(65-87-74(79)59-53-47-41-35-29-26-27-33-38-44-50-56-68(3)4)67-91-95(84,85)89-63-70(77)62-88-94(82,83)90-66-71(64-86-73(78)58-52-46-40-32-16-14-12-10-8-2)93-76(81)61-55-49-43-37-31-30-34-39-45-51-57-69(5)6/h68-72,77H,7-67H2,1-6H3,(H,82,83)(H,84,85)/t70-,71+,72+/m0/s1. The van der Waals surface area contributed by atoms with Crippen molar-refractivity contribution in [1.82, 2.24) is 0 Å². The summed E-state index contributed by atoms with van der Waals surface area (Å²) in [6.45, 7) is 9.58. The van der Waals surface area contributed by atoms with Gasteiger partial charge in [-0.2, -0.15) is 0 Å². The summed E-state index contributed by atoms with van der Waals surface area (Å²) in [6, 6.07) is 0. The maximum Gasteiger partial charge on any atom is 0.472 e. The van der Waals surface area contributed by atoms with E-state index in [0.717, 1.165) is 102 Å². The number of carbonyl (C=O) groups is 4. The predicted molar refractivity (Wildman–Crippen MR) is 386 cm³/mol. The Balaban J connectivity index is 5.22. The minimum atomic E-state index is -4.96. The molecule has 0 fully saturated rings. The zero-order chi connectivity index (χ0) is 70.0. The van der Waals surface area contributed by atoms with Gasteiger partial charge in [0.05, 0.1) is 26.4 Å². The van der Waals surface area contributed by atoms with E-state index in [1.165, 1.54) is 212 Å². The summed E-state index contributed by atoms with van der Waals surface area (Å²) < 4.78 is 68.5. The topological polar surface area (TPSA) is 237 Å². The largest absolute Gasteiger partial charge is 0.472 e. The zero-order valence-electron chi connectivity index (χ0n) is 62.0. The fourth-order valence-electron chi connectivity index (χ4n) is 11.7. The van der Waals surface area contributed by atoms with Gasteiger partial charge in [0.1, 0.15) is 19.3 Å². The molecule has 2 unspecified atom stereocenters. The van der Waals surface area contributed by atoms with Gasteiger partial charge < -0.3 is 33.8 Å². The van der Waals surface area contributed by atoms with E-state index in [1.54, 1.807) is 0 Å². The Hall–Kier alpha value is -1.94. The Morgan fingerprint density at radius 1 is 0.284 bits per heavy atom. The summed E-state index contributed by atoms with van der Waals surface area (Å²) in [5.41, 5.74) is 0. The van der Waals surface area contributed by atoms with Gasteiger partial charge in [0.25, 0.3) is 0 Å². The van der Waals surface area contributed by atoms with Crippen molar-refractivity contribution < 1.29 is 80.2 Å². The molecular formula is C76H148O17P2. The number of hydrogen-bond acceptors (Lipinski definition) is 15. The van der Waals surface area contributed by atoms with E-state index in [4.69, 9.17) is 37.0 Å². The number of aliphatic hydroxyl groups is 1. The fraction of sp³-hybridized carbons (Fsp3) is 0.947. The Morgan fingerprint density at radius 2 is 0.484 bits per heavy atom. The second-order valence-corrected chi connectivity index (χ2v) is 31.3. The highest BCUT2D eigenvalue weighted by Crippen LogP contribution is 2.45. The molecule has 5 atom stereocenters. The molecule has 0 aliphatic rings. The molecule has 0 saturated carbocycles. The molecule has 0 heterocycles. The summed E-state index contributed by atoms with van der Waals surface area (Å²) in [6.07, 6.45) is 55.5. The highest BCUT2D eigenvalue weighted by Gasteiger charge is 2.30. The van der Waals surface area contributed by atoms with Crippen LogP contribution in [0.15, 0.2) is 0 Å². The van der Waals surface area contributed by atoms with Crippen molar-refractivity contribution in [2.24, 2.45) is 11.8 Å². The molecule has 0 bridgehead atoms. The number of carbonyl (C=O) groups excluding carboxylic acids is 4. The molecule has 564 valence electrons. The van der Waals surface area contributed by atoms with Gasteiger partial charge >= 0.3 is 39.5 Å². The summed E-state index contributed by atoms with van der Waals surface area (Å²) in [4.78, 5) is 72.8. The van der Waals surface area contributed by atoms with Crippen molar-refractivity contribution in [3.8, 4) is 0 Å². The van der Waals surface area contributed by atoms with Gasteiger partial charge in [-0.15, -0.1) is 0 Å². The van der Waals surface area contributed by atoms with Crippen molar-refractivity contribution >= 4 is 39.5 Å². The Kier molecular flexibility index (Phi) is 66.5. The van der Waals surface area contributed by atoms with Crippen LogP contribution in [0.25, 0.3) is 0 Å². The Bertz CT molecular complexity index is 1840. The molecule has 0 aliphatic carbocycles. The number of aliphatic hydroxyl groups excluding tert-OH is 1. The van der Waals surface area contributed by atoms with Crippen LogP contribution in [0.1, 0.15) is 395 Å². The lowest BCUT2D eigenvalue weighted by molar-refractivity contribution is -0.161. The fourth-order valence-corrected chi connectivity index (χ4v) is 13.2. The van der Waals surface area contributed by atoms with Crippen LogP contribution < -0.4 is 0 Å². The van der Waals surface area contributed by atoms with E-state index in [1.807, 2.05) is 0 Å². The van der Waals surface area contributed by atoms with Gasteiger partial charge in [-0.3, -0.25) is 37.3 Å². The quantitative estimate of drug-likeness (QED) is 0.0222. The third kappa shape index (κ3) is 70.3. The van der Waals surface area contributed by atoms with E-state index in [-0.39, 0.29) is 25.7 Å². The summed E-state index contributed by atoms with van der Waals surface area (Å²) in [5.74, 6) is -0.593. The van der Waals surface area contributed by atoms with Crippen molar-refractivity contribution in [2.45, 2.75) is 413 Å². The molecule has 0 aliphatic heterocycles. The molecule has 95 heavy (non-hydrogen) atoms. The summed E-state index contributed by atoms with van der Waals surface area (Å²) in [5, 5.41) is 10.6. The number of unbranched alkanes of at least 4 members (excludes halogenated alkanes) is 45. The maximum atomic E-state index is 13.1. The lowest BCUT2D eigenvalue weighted by Crippen LogP contribution is -2.30. The van der Waals surface area contributed by atoms with E-state index in [9.17, 15) is 43.2 Å². The first kappa shape index (κ1) is 93.1. The molecule has 0 aromatic carbocycles. The minimum absolute atomic E-state index is 0.106. The third-order valence-electron chi connectivity index (χ3n) is 17.7. The molecule has 0 amide bonds. The van der Waals surface area contributed by atoms with E-state index in [2.05, 4.69) is 41.5 Å². The lowest BCUT2D eigenvalue weighted by Gasteiger charge is -2.21. The molecule has 0 spiro atoms. The predicted octanol–water partition coefficient (Wildman–Crippen LogP) is 22.3. The van der Waals surface area contributed by atoms with Gasteiger partial charge in [-0.25, -0.2) is 9.13 Å². The lowest BCUT2D eigenvalue weighted by atomic mass is 10.0. The smallest absolute Gasteiger partial charge is 0.462 e. The molecule has 0 saturated heterocycles. The normalized spacial score (nSPS) is 14.0. The number of esters is 4. The SMILES string of the molecule is CCCCCCCCCCCCCCCCCCCCCC(=O)O[C@H](COC(=O)CCCCCCCCCCCCCC(C)C)COP(=O)(O)OC[C@@H](O)COP(=O)(O)OC[C@@H](COC(=O)CCCCCCCCCCC)OC(=O)CCCCCCCCCCCCC(C)C. The van der Waals surface area contributed by atoms with Crippen LogP contribution in [0.4, 0.5) is 0 Å². The van der Waals surface area contributed by atoms with E-state index in [0.29, 0.717) is 25.7 Å². The second-order valence-electron chi connectivity index (χ2n) is 28.3. The third-order valence-corrected chi connectivity index (χ3v) is 19.6. The average molecular weight is 1400 g/mol. The van der Waals surface area contributed by atoms with Gasteiger partial charge in [-0.1, -0.05) is 343 Å². The first-order valence-corrected chi connectivity index (χ1v) is 42.5. The Labute approximate surface area is 581 Å². The Morgan fingerprint density at radius 3 is 0.716 bits per heavy atom. The van der Waals surface area contributed by atoms with Crippen molar-refractivity contribution in [2.75, 3.05) is 39.6 Å². The van der Waals surface area contributed by atoms with Crippen LogP contribution in [-0.2, 0) is 65.4 Å². The summed E-state index contributed by atoms with van der Waals surface area (Å²) in [7, 11) is -9.91. The van der Waals surface area contributed by atoms with Crippen LogP contribution in [0.2, 0.25) is 0 Å². The van der Waals surface area contributed by atoms with Gasteiger partial charge in [-0.05, 0) is 37.5 Å². The van der Waals surface area contributed by atoms with Crippen LogP contribution >= 0.6 is 15.6 Å². The molecule has 0 aromatic heterocycles. The summed E-state index contributed by atoms with van der Waals surface area (Å²) >= 11 is 0. The number of ether oxygens (including phenoxy) is 4. The molecular weight excluding hydrogens is 1250 g/mol. The number of rotatable bonds is 75. The van der Waals surface area contributed by atoms with Gasteiger partial charge in [0, 0.05) is 25.7 Å². The van der Waals surface area contributed by atoms with Crippen molar-refractivity contribution in [3.05, 3.63) is 0 Å². The first-order chi connectivity index (χ1) is 45.9. The molecule has 17 nitrogen and oxygen atoms in total. The second kappa shape index (κ2) is 67.9. The zero-order valence-corrected chi connectivity index (χ0v) is 63.8. The van der Waals surface area contributed by atoms with Crippen LogP contribution in [0, 0.1) is 11.8 Å². The van der Waals surface area contributed by atoms with Crippen LogP contribution in [-0.4, -0.2) is 96.7 Å².